The molecule has 0 aliphatic rings. The Hall–Kier alpha value is -1.68. The van der Waals surface area contributed by atoms with Crippen LogP contribution in [0, 0.1) is 13.8 Å². The number of nitrogens with one attached hydrogen (secondary N) is 1. The third-order valence-electron chi connectivity index (χ3n) is 2.74. The number of aromatic nitrogens is 2. The van der Waals surface area contributed by atoms with E-state index in [1.807, 2.05) is 32.9 Å². The van der Waals surface area contributed by atoms with Crippen LogP contribution in [0.2, 0.25) is 5.02 Å². The Morgan fingerprint density at radius 1 is 1.39 bits per heavy atom. The molecule has 1 heterocycles. The SMILES string of the molecule is CCOc1cc(C)c(-c2nc(N)[nH]c2C)cc1Cl. The number of aromatic amines is 1. The highest BCUT2D eigenvalue weighted by molar-refractivity contribution is 6.32. The molecule has 2 aromatic rings. The molecule has 0 bridgehead atoms. The zero-order valence-corrected chi connectivity index (χ0v) is 11.4. The lowest BCUT2D eigenvalue weighted by Crippen LogP contribution is -1.95. The Labute approximate surface area is 111 Å². The van der Waals surface area contributed by atoms with Crippen molar-refractivity contribution in [2.24, 2.45) is 0 Å². The van der Waals surface area contributed by atoms with Gasteiger partial charge in [-0.15, -0.1) is 0 Å². The molecule has 3 N–H and O–H groups in total. The van der Waals surface area contributed by atoms with Crippen molar-refractivity contribution >= 4 is 17.5 Å². The van der Waals surface area contributed by atoms with Gasteiger partial charge in [0.15, 0.2) is 5.95 Å². The molecule has 1 aromatic heterocycles. The van der Waals surface area contributed by atoms with E-state index in [2.05, 4.69) is 9.97 Å². The van der Waals surface area contributed by atoms with E-state index in [0.29, 0.717) is 23.3 Å². The van der Waals surface area contributed by atoms with Gasteiger partial charge < -0.3 is 15.5 Å². The van der Waals surface area contributed by atoms with E-state index in [0.717, 1.165) is 22.5 Å². The monoisotopic (exact) mass is 265 g/mol. The number of nitrogen functional groups attached to an aromatic ring is 1. The summed E-state index contributed by atoms with van der Waals surface area (Å²) in [6, 6.07) is 3.79. The van der Waals surface area contributed by atoms with Gasteiger partial charge in [0.2, 0.25) is 0 Å². The summed E-state index contributed by atoms with van der Waals surface area (Å²) in [5.41, 5.74) is 9.43. The fourth-order valence-electron chi connectivity index (χ4n) is 1.92. The zero-order valence-electron chi connectivity index (χ0n) is 10.7. The molecule has 1 aromatic carbocycles. The standard InChI is InChI=1S/C13H16ClN3O/c1-4-18-11-5-7(2)9(6-10(11)14)12-8(3)16-13(15)17-12/h5-6H,4H2,1-3H3,(H3,15,16,17). The zero-order chi connectivity index (χ0) is 13.3. The number of imidazole rings is 1. The van der Waals surface area contributed by atoms with Crippen molar-refractivity contribution in [1.82, 2.24) is 9.97 Å². The number of benzene rings is 1. The first kappa shape index (κ1) is 12.8. The number of halogens is 1. The molecule has 0 amide bonds. The van der Waals surface area contributed by atoms with E-state index < -0.39 is 0 Å². The van der Waals surface area contributed by atoms with E-state index in [4.69, 9.17) is 22.1 Å². The molecule has 0 aliphatic carbocycles. The molecule has 5 heteroatoms. The van der Waals surface area contributed by atoms with E-state index in [9.17, 15) is 0 Å². The van der Waals surface area contributed by atoms with Gasteiger partial charge in [-0.25, -0.2) is 4.98 Å². The summed E-state index contributed by atoms with van der Waals surface area (Å²) >= 11 is 6.19. The Balaban J connectivity index is 2.52. The van der Waals surface area contributed by atoms with Crippen LogP contribution >= 0.6 is 11.6 Å². The number of ether oxygens (including phenoxy) is 1. The second kappa shape index (κ2) is 4.90. The number of H-pyrrole nitrogens is 1. The van der Waals surface area contributed by atoms with Gasteiger partial charge >= 0.3 is 0 Å². The van der Waals surface area contributed by atoms with Crippen LogP contribution in [-0.4, -0.2) is 16.6 Å². The lowest BCUT2D eigenvalue weighted by molar-refractivity contribution is 0.340. The van der Waals surface area contributed by atoms with Crippen LogP contribution in [0.5, 0.6) is 5.75 Å². The van der Waals surface area contributed by atoms with Gasteiger partial charge in [0.05, 0.1) is 17.3 Å². The van der Waals surface area contributed by atoms with E-state index >= 15 is 0 Å². The first-order chi connectivity index (χ1) is 8.52. The maximum atomic E-state index is 6.19. The Morgan fingerprint density at radius 2 is 2.11 bits per heavy atom. The minimum atomic E-state index is 0.409. The maximum absolute atomic E-state index is 6.19. The highest BCUT2D eigenvalue weighted by Crippen LogP contribution is 2.34. The molecule has 0 unspecified atom stereocenters. The summed E-state index contributed by atoms with van der Waals surface area (Å²) in [5, 5.41) is 0.582. The van der Waals surface area contributed by atoms with Crippen LogP contribution in [0.25, 0.3) is 11.3 Å². The van der Waals surface area contributed by atoms with Crippen molar-refractivity contribution in [3.05, 3.63) is 28.4 Å². The van der Waals surface area contributed by atoms with Crippen molar-refractivity contribution in [3.63, 3.8) is 0 Å². The van der Waals surface area contributed by atoms with Crippen molar-refractivity contribution in [1.29, 1.82) is 0 Å². The molecular formula is C13H16ClN3O. The van der Waals surface area contributed by atoms with Crippen LogP contribution in [0.15, 0.2) is 12.1 Å². The molecule has 0 atom stereocenters. The maximum Gasteiger partial charge on any atom is 0.198 e. The van der Waals surface area contributed by atoms with E-state index in [1.165, 1.54) is 0 Å². The Bertz CT molecular complexity index is 578. The van der Waals surface area contributed by atoms with Crippen molar-refractivity contribution < 1.29 is 4.74 Å². The largest absolute Gasteiger partial charge is 0.492 e. The summed E-state index contributed by atoms with van der Waals surface area (Å²) in [7, 11) is 0. The van der Waals surface area contributed by atoms with Crippen LogP contribution in [0.3, 0.4) is 0 Å². The van der Waals surface area contributed by atoms with E-state index in [1.54, 1.807) is 0 Å². The van der Waals surface area contributed by atoms with Crippen molar-refractivity contribution in [2.45, 2.75) is 20.8 Å². The van der Waals surface area contributed by atoms with Crippen LogP contribution in [0.4, 0.5) is 5.95 Å². The molecule has 0 radical (unpaired) electrons. The van der Waals surface area contributed by atoms with Gasteiger partial charge in [-0.2, -0.15) is 0 Å². The normalized spacial score (nSPS) is 10.7. The predicted octanol–water partition coefficient (Wildman–Crippen LogP) is 3.33. The minimum Gasteiger partial charge on any atom is -0.492 e. The fourth-order valence-corrected chi connectivity index (χ4v) is 2.14. The van der Waals surface area contributed by atoms with Gasteiger partial charge in [0.25, 0.3) is 0 Å². The van der Waals surface area contributed by atoms with Crippen LogP contribution < -0.4 is 10.5 Å². The van der Waals surface area contributed by atoms with Crippen molar-refractivity contribution in [3.8, 4) is 17.0 Å². The lowest BCUT2D eigenvalue weighted by Gasteiger charge is -2.10. The van der Waals surface area contributed by atoms with Gasteiger partial charge in [0.1, 0.15) is 5.75 Å². The quantitative estimate of drug-likeness (QED) is 0.895. The average molecular weight is 266 g/mol. The number of rotatable bonds is 3. The Morgan fingerprint density at radius 3 is 2.67 bits per heavy atom. The molecule has 2 rings (SSSR count). The third-order valence-corrected chi connectivity index (χ3v) is 3.03. The van der Waals surface area contributed by atoms with E-state index in [-0.39, 0.29) is 0 Å². The summed E-state index contributed by atoms with van der Waals surface area (Å²) in [6.07, 6.45) is 0. The number of aryl methyl sites for hydroxylation is 2. The molecule has 0 spiro atoms. The molecule has 0 saturated carbocycles. The smallest absolute Gasteiger partial charge is 0.198 e. The Kier molecular flexibility index (Phi) is 3.48. The molecule has 0 fully saturated rings. The second-order valence-electron chi connectivity index (χ2n) is 4.13. The fraction of sp³-hybridized carbons (Fsp3) is 0.308. The summed E-state index contributed by atoms with van der Waals surface area (Å²) < 4.78 is 5.46. The topological polar surface area (TPSA) is 63.9 Å². The highest BCUT2D eigenvalue weighted by Gasteiger charge is 2.13. The molecule has 18 heavy (non-hydrogen) atoms. The molecule has 4 nitrogen and oxygen atoms in total. The number of hydrogen-bond donors (Lipinski definition) is 2. The molecular weight excluding hydrogens is 250 g/mol. The van der Waals surface area contributed by atoms with Crippen LogP contribution in [0.1, 0.15) is 18.2 Å². The molecule has 0 aliphatic heterocycles. The van der Waals surface area contributed by atoms with Gasteiger partial charge in [-0.3, -0.25) is 0 Å². The van der Waals surface area contributed by atoms with Crippen molar-refractivity contribution in [2.75, 3.05) is 12.3 Å². The van der Waals surface area contributed by atoms with Gasteiger partial charge in [-0.1, -0.05) is 11.6 Å². The summed E-state index contributed by atoms with van der Waals surface area (Å²) in [6.45, 7) is 6.45. The van der Waals surface area contributed by atoms with Gasteiger partial charge in [-0.05, 0) is 38.5 Å². The number of anilines is 1. The van der Waals surface area contributed by atoms with Crippen LogP contribution in [-0.2, 0) is 0 Å². The predicted molar refractivity (Wildman–Crippen MR) is 74.1 cm³/mol. The lowest BCUT2D eigenvalue weighted by atomic mass is 10.0. The summed E-state index contributed by atoms with van der Waals surface area (Å²) in [4.78, 5) is 7.27. The average Bonchev–Trinajstić information content (AvgIpc) is 2.63. The minimum absolute atomic E-state index is 0.409. The number of nitrogens with zero attached hydrogens (tertiary/aromatic N) is 1. The molecule has 96 valence electrons. The third kappa shape index (κ3) is 2.29. The van der Waals surface area contributed by atoms with Gasteiger partial charge in [0, 0.05) is 11.3 Å². The second-order valence-corrected chi connectivity index (χ2v) is 4.53. The number of nitrogens with two attached hydrogens (primary N) is 1. The first-order valence-electron chi connectivity index (χ1n) is 5.78. The summed E-state index contributed by atoms with van der Waals surface area (Å²) in [5.74, 6) is 1.11. The number of hydrogen-bond acceptors (Lipinski definition) is 3. The first-order valence-corrected chi connectivity index (χ1v) is 6.16. The molecule has 0 saturated heterocycles. The highest BCUT2D eigenvalue weighted by atomic mass is 35.5.